The molecule has 7 nitrogen and oxygen atoms in total. The number of rotatable bonds is 0. The van der Waals surface area contributed by atoms with Gasteiger partial charge in [-0.2, -0.15) is 9.61 Å². The van der Waals surface area contributed by atoms with Crippen LogP contribution in [-0.2, 0) is 11.2 Å². The molecule has 1 aliphatic rings. The Hall–Kier alpha value is -1.83. The van der Waals surface area contributed by atoms with Crippen LogP contribution >= 0.6 is 15.9 Å². The first kappa shape index (κ1) is 17.0. The Morgan fingerprint density at radius 1 is 1.46 bits per heavy atom. The van der Waals surface area contributed by atoms with Crippen molar-refractivity contribution in [3.63, 3.8) is 0 Å². The van der Waals surface area contributed by atoms with Crippen LogP contribution in [0, 0.1) is 0 Å². The highest BCUT2D eigenvalue weighted by Gasteiger charge is 2.30. The number of aromatic nitrogens is 3. The molecule has 0 aromatic carbocycles. The lowest BCUT2D eigenvalue weighted by Gasteiger charge is -2.27. The van der Waals surface area contributed by atoms with Crippen LogP contribution in [0.5, 0.6) is 5.88 Å². The van der Waals surface area contributed by atoms with E-state index < -0.39 is 5.60 Å². The van der Waals surface area contributed by atoms with Gasteiger partial charge in [0.1, 0.15) is 5.60 Å². The van der Waals surface area contributed by atoms with Crippen molar-refractivity contribution in [2.24, 2.45) is 0 Å². The summed E-state index contributed by atoms with van der Waals surface area (Å²) in [6.07, 6.45) is 1.78. The lowest BCUT2D eigenvalue weighted by atomic mass is 10.0. The molecule has 130 valence electrons. The van der Waals surface area contributed by atoms with E-state index in [2.05, 4.69) is 26.0 Å². The minimum Gasteiger partial charge on any atom is -0.493 e. The molecule has 2 aromatic rings. The van der Waals surface area contributed by atoms with E-state index in [0.717, 1.165) is 15.7 Å². The van der Waals surface area contributed by atoms with Crippen LogP contribution in [-0.4, -0.2) is 49.4 Å². The summed E-state index contributed by atoms with van der Waals surface area (Å²) in [7, 11) is 0. The molecule has 0 spiro atoms. The second kappa shape index (κ2) is 5.91. The Morgan fingerprint density at radius 3 is 2.83 bits per heavy atom. The molecular formula is C16H21BrN4O3. The summed E-state index contributed by atoms with van der Waals surface area (Å²) in [4.78, 5) is 18.7. The third-order valence-corrected chi connectivity index (χ3v) is 4.51. The predicted molar refractivity (Wildman–Crippen MR) is 92.3 cm³/mol. The summed E-state index contributed by atoms with van der Waals surface area (Å²) in [6, 6.07) is 0. The normalized spacial score (nSPS) is 18.4. The van der Waals surface area contributed by atoms with Crippen LogP contribution in [0.4, 0.5) is 4.79 Å². The van der Waals surface area contributed by atoms with Crippen molar-refractivity contribution in [1.29, 1.82) is 0 Å². The average Bonchev–Trinajstić information content (AvgIpc) is 2.74. The molecule has 3 heterocycles. The summed E-state index contributed by atoms with van der Waals surface area (Å²) in [5, 5.41) is 14.7. The zero-order valence-corrected chi connectivity index (χ0v) is 15.8. The van der Waals surface area contributed by atoms with Gasteiger partial charge in [0.25, 0.3) is 0 Å². The molecule has 1 aliphatic heterocycles. The van der Waals surface area contributed by atoms with Crippen LogP contribution in [0.2, 0.25) is 0 Å². The van der Waals surface area contributed by atoms with Crippen LogP contribution < -0.4 is 0 Å². The van der Waals surface area contributed by atoms with E-state index in [-0.39, 0.29) is 17.9 Å². The molecule has 0 aliphatic carbocycles. The highest BCUT2D eigenvalue weighted by Crippen LogP contribution is 2.32. The van der Waals surface area contributed by atoms with Crippen LogP contribution in [0.1, 0.15) is 44.9 Å². The fourth-order valence-electron chi connectivity index (χ4n) is 2.90. The molecule has 2 aromatic heterocycles. The molecule has 0 bridgehead atoms. The molecule has 1 atom stereocenters. The highest BCUT2D eigenvalue weighted by molar-refractivity contribution is 9.10. The number of carbonyl (C=O) groups excluding carboxylic acids is 1. The zero-order valence-electron chi connectivity index (χ0n) is 14.2. The fraction of sp³-hybridized carbons (Fsp3) is 0.562. The van der Waals surface area contributed by atoms with Gasteiger partial charge in [-0.3, -0.25) is 0 Å². The first-order valence-corrected chi connectivity index (χ1v) is 8.69. The second-order valence-electron chi connectivity index (χ2n) is 7.10. The Morgan fingerprint density at radius 2 is 2.17 bits per heavy atom. The standard InChI is InChI=1S/C16H21BrN4O3/c1-9-8-20(15(23)24-16(2,3)4)6-5-10-12(9)19-13-11(17)7-18-21(13)14(10)22/h7,9,22H,5-6,8H2,1-4H3. The molecule has 3 rings (SSSR count). The van der Waals surface area contributed by atoms with E-state index in [4.69, 9.17) is 4.74 Å². The van der Waals surface area contributed by atoms with Gasteiger partial charge in [0, 0.05) is 24.6 Å². The van der Waals surface area contributed by atoms with Gasteiger partial charge < -0.3 is 14.7 Å². The van der Waals surface area contributed by atoms with E-state index >= 15 is 0 Å². The molecule has 0 saturated heterocycles. The monoisotopic (exact) mass is 396 g/mol. The van der Waals surface area contributed by atoms with Gasteiger partial charge in [-0.05, 0) is 43.1 Å². The maximum Gasteiger partial charge on any atom is 0.410 e. The second-order valence-corrected chi connectivity index (χ2v) is 7.96. The summed E-state index contributed by atoms with van der Waals surface area (Å²) < 4.78 is 7.61. The maximum absolute atomic E-state index is 12.4. The molecule has 1 amide bonds. The minimum absolute atomic E-state index is 0.0206. The lowest BCUT2D eigenvalue weighted by molar-refractivity contribution is 0.0248. The number of halogens is 1. The van der Waals surface area contributed by atoms with E-state index in [9.17, 15) is 9.90 Å². The van der Waals surface area contributed by atoms with Crippen LogP contribution in [0.25, 0.3) is 5.65 Å². The fourth-order valence-corrected chi connectivity index (χ4v) is 3.24. The number of fused-ring (bicyclic) bond motifs is 2. The molecule has 0 fully saturated rings. The number of hydrogen-bond donors (Lipinski definition) is 1. The molecule has 8 heteroatoms. The number of nitrogens with zero attached hydrogens (tertiary/aromatic N) is 4. The van der Waals surface area contributed by atoms with Gasteiger partial charge in [0.2, 0.25) is 5.88 Å². The maximum atomic E-state index is 12.4. The molecule has 1 N–H and O–H groups in total. The van der Waals surface area contributed by atoms with Gasteiger partial charge in [0.05, 0.1) is 16.4 Å². The predicted octanol–water partition coefficient (Wildman–Crippen LogP) is 3.09. The number of ether oxygens (including phenoxy) is 1. The summed E-state index contributed by atoms with van der Waals surface area (Å²) >= 11 is 3.39. The highest BCUT2D eigenvalue weighted by atomic mass is 79.9. The van der Waals surface area contributed by atoms with Crippen molar-refractivity contribution in [2.75, 3.05) is 13.1 Å². The molecule has 0 radical (unpaired) electrons. The van der Waals surface area contributed by atoms with E-state index in [1.807, 2.05) is 27.7 Å². The minimum atomic E-state index is -0.536. The van der Waals surface area contributed by atoms with Crippen LogP contribution in [0.15, 0.2) is 10.7 Å². The van der Waals surface area contributed by atoms with Crippen molar-refractivity contribution in [3.05, 3.63) is 21.9 Å². The first-order chi connectivity index (χ1) is 11.2. The molecule has 0 saturated carbocycles. The topological polar surface area (TPSA) is 80.0 Å². The van der Waals surface area contributed by atoms with Gasteiger partial charge in [-0.25, -0.2) is 9.78 Å². The largest absolute Gasteiger partial charge is 0.493 e. The third kappa shape index (κ3) is 3.07. The Balaban J connectivity index is 1.94. The quantitative estimate of drug-likeness (QED) is 0.739. The summed E-state index contributed by atoms with van der Waals surface area (Å²) in [5.74, 6) is 0.0614. The summed E-state index contributed by atoms with van der Waals surface area (Å²) in [6.45, 7) is 8.50. The molecule has 1 unspecified atom stereocenters. The van der Waals surface area contributed by atoms with Crippen molar-refractivity contribution in [3.8, 4) is 5.88 Å². The Kier molecular flexibility index (Phi) is 4.19. The third-order valence-electron chi connectivity index (χ3n) is 3.95. The van der Waals surface area contributed by atoms with Gasteiger partial charge in [-0.15, -0.1) is 0 Å². The number of carbonyl (C=O) groups is 1. The van der Waals surface area contributed by atoms with E-state index in [0.29, 0.717) is 25.2 Å². The average molecular weight is 397 g/mol. The SMILES string of the molecule is CC1CN(C(=O)OC(C)(C)C)CCc2c1nc1c(Br)cnn1c2O. The number of aromatic hydroxyl groups is 1. The van der Waals surface area contributed by atoms with Crippen molar-refractivity contribution in [2.45, 2.75) is 45.6 Å². The van der Waals surface area contributed by atoms with E-state index in [1.54, 1.807) is 11.1 Å². The number of amides is 1. The summed E-state index contributed by atoms with van der Waals surface area (Å²) in [5.41, 5.74) is 1.57. The van der Waals surface area contributed by atoms with Gasteiger partial charge >= 0.3 is 6.09 Å². The van der Waals surface area contributed by atoms with Gasteiger partial charge in [-0.1, -0.05) is 6.92 Å². The Labute approximate surface area is 148 Å². The zero-order chi connectivity index (χ0) is 17.6. The van der Waals surface area contributed by atoms with Crippen molar-refractivity contribution < 1.29 is 14.6 Å². The van der Waals surface area contributed by atoms with Crippen molar-refractivity contribution >= 4 is 27.7 Å². The van der Waals surface area contributed by atoms with E-state index in [1.165, 1.54) is 4.52 Å². The molecule has 24 heavy (non-hydrogen) atoms. The van der Waals surface area contributed by atoms with Crippen LogP contribution in [0.3, 0.4) is 0 Å². The lowest BCUT2D eigenvalue weighted by Crippen LogP contribution is -2.38. The molecular weight excluding hydrogens is 376 g/mol. The van der Waals surface area contributed by atoms with Crippen molar-refractivity contribution in [1.82, 2.24) is 19.5 Å². The Bertz CT molecular complexity index is 797. The smallest absolute Gasteiger partial charge is 0.410 e. The first-order valence-electron chi connectivity index (χ1n) is 7.90. The van der Waals surface area contributed by atoms with Gasteiger partial charge in [0.15, 0.2) is 5.65 Å². The number of hydrogen-bond acceptors (Lipinski definition) is 5.